The van der Waals surface area contributed by atoms with Crippen LogP contribution in [-0.2, 0) is 6.54 Å². The fourth-order valence-corrected chi connectivity index (χ4v) is 4.37. The van der Waals surface area contributed by atoms with Crippen molar-refractivity contribution in [3.8, 4) is 21.2 Å². The molecule has 0 spiro atoms. The minimum absolute atomic E-state index is 0.0632. The van der Waals surface area contributed by atoms with Gasteiger partial charge in [-0.2, -0.15) is 5.10 Å². The molecular formula is C16H9Cl2N3O3S2. The molecule has 0 radical (unpaired) electrons. The molecule has 0 saturated carbocycles. The lowest BCUT2D eigenvalue weighted by Crippen LogP contribution is -2.11. The van der Waals surface area contributed by atoms with Crippen LogP contribution in [0.4, 0.5) is 0 Å². The van der Waals surface area contributed by atoms with Crippen LogP contribution in [0.15, 0.2) is 40.9 Å². The highest BCUT2D eigenvalue weighted by molar-refractivity contribution is 7.19. The topological polar surface area (TPSA) is 81.1 Å². The maximum absolute atomic E-state index is 11.6. The zero-order chi connectivity index (χ0) is 18.3. The van der Waals surface area contributed by atoms with Crippen LogP contribution >= 0.6 is 45.9 Å². The molecule has 0 atom stereocenters. The van der Waals surface area contributed by atoms with Gasteiger partial charge in [-0.1, -0.05) is 28.4 Å². The smallest absolute Gasteiger partial charge is 0.354 e. The summed E-state index contributed by atoms with van der Waals surface area (Å²) in [5.41, 5.74) is 1.17. The summed E-state index contributed by atoms with van der Waals surface area (Å²) < 4.78 is 7.98. The SMILES string of the molecule is O=C(O)c1cc(-c2ccc(Cl)s2)nn1Cc1cc(-c2ccc(Cl)s2)on1. The molecule has 4 rings (SSSR count). The second-order valence-corrected chi connectivity index (χ2v) is 8.70. The number of hydrogen-bond acceptors (Lipinski definition) is 6. The Morgan fingerprint density at radius 2 is 1.81 bits per heavy atom. The van der Waals surface area contributed by atoms with E-state index < -0.39 is 5.97 Å². The van der Waals surface area contributed by atoms with E-state index in [1.54, 1.807) is 24.3 Å². The molecule has 4 aromatic rings. The fraction of sp³-hybridized carbons (Fsp3) is 0.0625. The predicted molar refractivity (Wildman–Crippen MR) is 101 cm³/mol. The Labute approximate surface area is 165 Å². The van der Waals surface area contributed by atoms with E-state index in [1.165, 1.54) is 33.4 Å². The number of aromatic carboxylic acids is 1. The van der Waals surface area contributed by atoms with Crippen molar-refractivity contribution < 1.29 is 14.4 Å². The summed E-state index contributed by atoms with van der Waals surface area (Å²) >= 11 is 14.6. The summed E-state index contributed by atoms with van der Waals surface area (Å²) in [6.45, 7) is 0.170. The number of carboxylic acid groups (broad SMARTS) is 1. The average Bonchev–Trinajstić information content (AvgIpc) is 3.34. The molecule has 0 aliphatic rings. The maximum atomic E-state index is 11.6. The molecule has 26 heavy (non-hydrogen) atoms. The standard InChI is InChI=1S/C16H9Cl2N3O3S2/c17-14-3-1-12(25-14)9-6-10(16(22)23)21(19-9)7-8-5-11(24-20-8)13-2-4-15(18)26-13/h1-6H,7H2,(H,22,23). The van der Waals surface area contributed by atoms with E-state index in [0.29, 0.717) is 25.8 Å². The second kappa shape index (κ2) is 6.88. The van der Waals surface area contributed by atoms with Crippen molar-refractivity contribution in [3.05, 3.63) is 56.5 Å². The second-order valence-electron chi connectivity index (χ2n) is 5.27. The van der Waals surface area contributed by atoms with Crippen molar-refractivity contribution in [3.63, 3.8) is 0 Å². The monoisotopic (exact) mass is 425 g/mol. The fourth-order valence-electron chi connectivity index (χ4n) is 2.38. The number of halogens is 2. The Kier molecular flexibility index (Phi) is 4.58. The van der Waals surface area contributed by atoms with Crippen LogP contribution in [0.3, 0.4) is 0 Å². The van der Waals surface area contributed by atoms with Gasteiger partial charge in [-0.25, -0.2) is 4.79 Å². The third-order valence-electron chi connectivity index (χ3n) is 3.51. The number of carbonyl (C=O) groups is 1. The van der Waals surface area contributed by atoms with Crippen LogP contribution in [0.1, 0.15) is 16.2 Å². The van der Waals surface area contributed by atoms with Gasteiger partial charge in [-0.15, -0.1) is 22.7 Å². The van der Waals surface area contributed by atoms with Crippen LogP contribution < -0.4 is 0 Å². The summed E-state index contributed by atoms with van der Waals surface area (Å²) in [6.07, 6.45) is 0. The first-order valence-corrected chi connectivity index (χ1v) is 9.66. The van der Waals surface area contributed by atoms with E-state index in [-0.39, 0.29) is 12.2 Å². The zero-order valence-corrected chi connectivity index (χ0v) is 16.0. The predicted octanol–water partition coefficient (Wildman–Crippen LogP) is 5.38. The summed E-state index contributed by atoms with van der Waals surface area (Å²) in [5.74, 6) is -0.494. The number of hydrogen-bond donors (Lipinski definition) is 1. The summed E-state index contributed by atoms with van der Waals surface area (Å²) in [6, 6.07) is 10.4. The van der Waals surface area contributed by atoms with Crippen LogP contribution in [0.25, 0.3) is 21.2 Å². The molecule has 0 aliphatic carbocycles. The molecule has 0 bridgehead atoms. The lowest BCUT2D eigenvalue weighted by Gasteiger charge is -2.00. The van der Waals surface area contributed by atoms with Crippen LogP contribution in [0.5, 0.6) is 0 Å². The van der Waals surface area contributed by atoms with Crippen molar-refractivity contribution in [2.24, 2.45) is 0 Å². The summed E-state index contributed by atoms with van der Waals surface area (Å²) in [5, 5.41) is 17.8. The molecule has 0 saturated heterocycles. The van der Waals surface area contributed by atoms with Gasteiger partial charge in [0.15, 0.2) is 5.76 Å². The van der Waals surface area contributed by atoms with E-state index in [1.807, 2.05) is 6.07 Å². The van der Waals surface area contributed by atoms with Gasteiger partial charge in [-0.05, 0) is 30.3 Å². The van der Waals surface area contributed by atoms with Crippen molar-refractivity contribution in [2.45, 2.75) is 6.54 Å². The first kappa shape index (κ1) is 17.3. The normalized spacial score (nSPS) is 11.2. The number of carboxylic acids is 1. The van der Waals surface area contributed by atoms with Gasteiger partial charge in [0.05, 0.1) is 25.0 Å². The number of thiophene rings is 2. The van der Waals surface area contributed by atoms with Crippen LogP contribution in [-0.4, -0.2) is 26.0 Å². The molecule has 1 N–H and O–H groups in total. The zero-order valence-electron chi connectivity index (χ0n) is 12.8. The summed E-state index contributed by atoms with van der Waals surface area (Å²) in [4.78, 5) is 13.2. The molecule has 10 heteroatoms. The molecule has 4 heterocycles. The highest BCUT2D eigenvalue weighted by atomic mass is 35.5. The van der Waals surface area contributed by atoms with Crippen LogP contribution in [0.2, 0.25) is 8.67 Å². The molecule has 6 nitrogen and oxygen atoms in total. The van der Waals surface area contributed by atoms with Gasteiger partial charge in [0, 0.05) is 6.07 Å². The molecule has 0 fully saturated rings. The lowest BCUT2D eigenvalue weighted by atomic mass is 10.3. The molecule has 0 amide bonds. The molecule has 0 aromatic carbocycles. The minimum Gasteiger partial charge on any atom is -0.477 e. The highest BCUT2D eigenvalue weighted by Gasteiger charge is 2.18. The van der Waals surface area contributed by atoms with Gasteiger partial charge in [0.2, 0.25) is 0 Å². The Morgan fingerprint density at radius 1 is 1.12 bits per heavy atom. The van der Waals surface area contributed by atoms with Gasteiger partial charge >= 0.3 is 5.97 Å². The van der Waals surface area contributed by atoms with Crippen molar-refractivity contribution >= 4 is 51.8 Å². The Hall–Kier alpha value is -2.13. The average molecular weight is 426 g/mol. The first-order valence-electron chi connectivity index (χ1n) is 7.28. The van der Waals surface area contributed by atoms with Gasteiger partial charge < -0.3 is 9.63 Å². The van der Waals surface area contributed by atoms with E-state index in [2.05, 4.69) is 10.3 Å². The highest BCUT2D eigenvalue weighted by Crippen LogP contribution is 2.32. The van der Waals surface area contributed by atoms with Gasteiger partial charge in [0.1, 0.15) is 17.1 Å². The van der Waals surface area contributed by atoms with Crippen molar-refractivity contribution in [1.29, 1.82) is 0 Å². The van der Waals surface area contributed by atoms with E-state index in [9.17, 15) is 9.90 Å². The number of nitrogens with zero attached hydrogens (tertiary/aromatic N) is 3. The Bertz CT molecular complexity index is 1100. The third-order valence-corrected chi connectivity index (χ3v) is 6.01. The Balaban J connectivity index is 1.64. The van der Waals surface area contributed by atoms with E-state index in [4.69, 9.17) is 27.7 Å². The number of aromatic nitrogens is 3. The first-order chi connectivity index (χ1) is 12.5. The van der Waals surface area contributed by atoms with Crippen LogP contribution in [0, 0.1) is 0 Å². The van der Waals surface area contributed by atoms with E-state index in [0.717, 1.165) is 9.75 Å². The molecular weight excluding hydrogens is 417 g/mol. The number of rotatable bonds is 5. The lowest BCUT2D eigenvalue weighted by molar-refractivity contribution is 0.0684. The minimum atomic E-state index is -1.07. The van der Waals surface area contributed by atoms with Crippen molar-refractivity contribution in [2.75, 3.05) is 0 Å². The summed E-state index contributed by atoms with van der Waals surface area (Å²) in [7, 11) is 0. The largest absolute Gasteiger partial charge is 0.477 e. The molecule has 4 aromatic heterocycles. The third kappa shape index (κ3) is 3.41. The van der Waals surface area contributed by atoms with E-state index >= 15 is 0 Å². The Morgan fingerprint density at radius 3 is 2.42 bits per heavy atom. The van der Waals surface area contributed by atoms with Crippen molar-refractivity contribution in [1.82, 2.24) is 14.9 Å². The maximum Gasteiger partial charge on any atom is 0.354 e. The quantitative estimate of drug-likeness (QED) is 0.463. The van der Waals surface area contributed by atoms with Gasteiger partial charge in [0.25, 0.3) is 0 Å². The van der Waals surface area contributed by atoms with Gasteiger partial charge in [-0.3, -0.25) is 4.68 Å². The molecule has 132 valence electrons. The molecule has 0 aliphatic heterocycles. The molecule has 0 unspecified atom stereocenters.